The van der Waals surface area contributed by atoms with Crippen LogP contribution in [-0.4, -0.2) is 47.2 Å². The summed E-state index contributed by atoms with van der Waals surface area (Å²) < 4.78 is 20.8. The average molecular weight is 445 g/mol. The van der Waals surface area contributed by atoms with Gasteiger partial charge in [0.2, 0.25) is 5.95 Å². The number of aromatic nitrogens is 2. The summed E-state index contributed by atoms with van der Waals surface area (Å²) in [5, 5.41) is 3.69. The predicted molar refractivity (Wildman–Crippen MR) is 130 cm³/mol. The van der Waals surface area contributed by atoms with Crippen LogP contribution in [0, 0.1) is 5.82 Å². The molecule has 1 aromatic heterocycles. The average Bonchev–Trinajstić information content (AvgIpc) is 3.44. The van der Waals surface area contributed by atoms with E-state index in [-0.39, 0.29) is 5.82 Å². The molecule has 5 nitrogen and oxygen atoms in total. The van der Waals surface area contributed by atoms with Gasteiger partial charge in [-0.3, -0.25) is 0 Å². The third-order valence-corrected chi connectivity index (χ3v) is 6.39. The van der Waals surface area contributed by atoms with Crippen LogP contribution in [0.2, 0.25) is 0 Å². The molecule has 0 amide bonds. The first-order valence-corrected chi connectivity index (χ1v) is 11.5. The number of methoxy groups -OCH3 is 1. The maximum absolute atomic E-state index is 13.4. The number of hydrogen-bond acceptors (Lipinski definition) is 4. The topological polar surface area (TPSA) is 42.3 Å². The Morgan fingerprint density at radius 1 is 1.00 bits per heavy atom. The van der Waals surface area contributed by atoms with Crippen molar-refractivity contribution in [3.05, 3.63) is 89.7 Å². The molecule has 33 heavy (non-hydrogen) atoms. The Morgan fingerprint density at radius 2 is 1.76 bits per heavy atom. The van der Waals surface area contributed by atoms with Crippen molar-refractivity contribution in [3.63, 3.8) is 0 Å². The lowest BCUT2D eigenvalue weighted by molar-refractivity contribution is 0.340. The highest BCUT2D eigenvalue weighted by Gasteiger charge is 2.24. The zero-order valence-electron chi connectivity index (χ0n) is 18.9. The van der Waals surface area contributed by atoms with Gasteiger partial charge in [-0.1, -0.05) is 36.4 Å². The van der Waals surface area contributed by atoms with E-state index in [1.807, 2.05) is 42.5 Å². The quantitative estimate of drug-likeness (QED) is 0.417. The Hall–Kier alpha value is -3.38. The van der Waals surface area contributed by atoms with Crippen molar-refractivity contribution in [3.8, 4) is 5.75 Å². The summed E-state index contributed by atoms with van der Waals surface area (Å²) in [6.45, 7) is 3.76. The molecule has 5 rings (SSSR count). The molecule has 0 unspecified atom stereocenters. The third kappa shape index (κ3) is 5.01. The zero-order chi connectivity index (χ0) is 22.6. The third-order valence-electron chi connectivity index (χ3n) is 6.39. The van der Waals surface area contributed by atoms with Gasteiger partial charge in [0, 0.05) is 25.7 Å². The van der Waals surface area contributed by atoms with Crippen molar-refractivity contribution in [2.45, 2.75) is 25.4 Å². The second-order valence-electron chi connectivity index (χ2n) is 8.67. The fraction of sp³-hybridized carbons (Fsp3) is 0.296. The number of rotatable bonds is 8. The molecular weight excluding hydrogens is 415 g/mol. The number of imidazole rings is 1. The highest BCUT2D eigenvalue weighted by molar-refractivity contribution is 5.78. The number of benzene rings is 3. The lowest BCUT2D eigenvalue weighted by Crippen LogP contribution is -2.28. The summed E-state index contributed by atoms with van der Waals surface area (Å²) in [6.07, 6.45) is 2.11. The van der Waals surface area contributed by atoms with E-state index < -0.39 is 0 Å². The van der Waals surface area contributed by atoms with Crippen molar-refractivity contribution in [1.29, 1.82) is 0 Å². The van der Waals surface area contributed by atoms with E-state index in [2.05, 4.69) is 33.0 Å². The monoisotopic (exact) mass is 444 g/mol. The highest BCUT2D eigenvalue weighted by atomic mass is 19.1. The fourth-order valence-electron chi connectivity index (χ4n) is 4.53. The molecule has 1 saturated heterocycles. The van der Waals surface area contributed by atoms with Gasteiger partial charge < -0.3 is 19.5 Å². The summed E-state index contributed by atoms with van der Waals surface area (Å²) >= 11 is 0. The van der Waals surface area contributed by atoms with Gasteiger partial charge in [0.25, 0.3) is 0 Å². The Bertz CT molecular complexity index is 1200. The largest absolute Gasteiger partial charge is 0.497 e. The fourth-order valence-corrected chi connectivity index (χ4v) is 4.53. The summed E-state index contributed by atoms with van der Waals surface area (Å²) in [6, 6.07) is 23.6. The van der Waals surface area contributed by atoms with Crippen LogP contribution in [0.1, 0.15) is 17.5 Å². The van der Waals surface area contributed by atoms with Crippen molar-refractivity contribution in [2.24, 2.45) is 0 Å². The van der Waals surface area contributed by atoms with E-state index >= 15 is 0 Å². The number of anilines is 1. The van der Waals surface area contributed by atoms with Gasteiger partial charge in [-0.25, -0.2) is 9.37 Å². The summed E-state index contributed by atoms with van der Waals surface area (Å²) in [7, 11) is 1.69. The normalized spacial score (nSPS) is 16.4. The Kier molecular flexibility index (Phi) is 6.26. The standard InChI is InChI=1S/C27H29FN4O/c1-33-24-12-8-20(9-13-24)14-16-31-17-15-23(19-31)29-27-30-25-4-2-3-5-26(25)32(27)18-21-6-10-22(28)11-7-21/h2-13,23H,14-19H2,1H3,(H,29,30)/t23-/m1/s1. The molecule has 0 spiro atoms. The minimum absolute atomic E-state index is 0.215. The number of halogens is 1. The van der Waals surface area contributed by atoms with E-state index in [0.29, 0.717) is 12.6 Å². The molecule has 4 aromatic rings. The van der Waals surface area contributed by atoms with Crippen LogP contribution >= 0.6 is 0 Å². The van der Waals surface area contributed by atoms with Crippen molar-refractivity contribution in [2.75, 3.05) is 32.1 Å². The Balaban J connectivity index is 1.25. The molecule has 3 aromatic carbocycles. The predicted octanol–water partition coefficient (Wildman–Crippen LogP) is 4.96. The number of fused-ring (bicyclic) bond motifs is 1. The van der Waals surface area contributed by atoms with Crippen LogP contribution in [0.4, 0.5) is 10.3 Å². The minimum atomic E-state index is -0.215. The van der Waals surface area contributed by atoms with Gasteiger partial charge in [0.15, 0.2) is 0 Å². The molecule has 2 heterocycles. The number of para-hydroxylation sites is 2. The summed E-state index contributed by atoms with van der Waals surface area (Å²) in [4.78, 5) is 7.38. The van der Waals surface area contributed by atoms with Gasteiger partial charge in [0.1, 0.15) is 11.6 Å². The van der Waals surface area contributed by atoms with Crippen molar-refractivity contribution in [1.82, 2.24) is 14.5 Å². The molecule has 6 heteroatoms. The first-order chi connectivity index (χ1) is 16.2. The number of hydrogen-bond donors (Lipinski definition) is 1. The first-order valence-electron chi connectivity index (χ1n) is 11.5. The number of ether oxygens (including phenoxy) is 1. The van der Waals surface area contributed by atoms with Crippen LogP contribution in [-0.2, 0) is 13.0 Å². The second-order valence-corrected chi connectivity index (χ2v) is 8.67. The molecule has 1 aliphatic rings. The smallest absolute Gasteiger partial charge is 0.204 e. The van der Waals surface area contributed by atoms with Crippen LogP contribution in [0.5, 0.6) is 5.75 Å². The zero-order valence-corrected chi connectivity index (χ0v) is 18.9. The molecular formula is C27H29FN4O. The molecule has 0 radical (unpaired) electrons. The SMILES string of the molecule is COc1ccc(CCN2CC[C@@H](Nc3nc4ccccc4n3Cc3ccc(F)cc3)C2)cc1. The van der Waals surface area contributed by atoms with Crippen molar-refractivity contribution >= 4 is 17.0 Å². The molecule has 170 valence electrons. The first kappa shape index (κ1) is 21.5. The molecule has 1 aliphatic heterocycles. The van der Waals surface area contributed by atoms with Gasteiger partial charge in [-0.15, -0.1) is 0 Å². The maximum Gasteiger partial charge on any atom is 0.204 e. The molecule has 1 fully saturated rings. The molecule has 0 bridgehead atoms. The maximum atomic E-state index is 13.4. The van der Waals surface area contributed by atoms with E-state index in [9.17, 15) is 4.39 Å². The highest BCUT2D eigenvalue weighted by Crippen LogP contribution is 2.24. The van der Waals surface area contributed by atoms with Gasteiger partial charge in [-0.05, 0) is 60.4 Å². The molecule has 1 N–H and O–H groups in total. The van der Waals surface area contributed by atoms with Crippen LogP contribution < -0.4 is 10.1 Å². The molecule has 0 saturated carbocycles. The summed E-state index contributed by atoms with van der Waals surface area (Å²) in [5.74, 6) is 1.56. The molecule has 1 atom stereocenters. The molecule has 0 aliphatic carbocycles. The van der Waals surface area contributed by atoms with E-state index in [1.54, 1.807) is 7.11 Å². The Labute approximate surface area is 193 Å². The Morgan fingerprint density at radius 3 is 2.55 bits per heavy atom. The number of nitrogens with one attached hydrogen (secondary N) is 1. The summed E-state index contributed by atoms with van der Waals surface area (Å²) in [5.41, 5.74) is 4.43. The van der Waals surface area contributed by atoms with Crippen LogP contribution in [0.25, 0.3) is 11.0 Å². The van der Waals surface area contributed by atoms with E-state index in [0.717, 1.165) is 60.8 Å². The van der Waals surface area contributed by atoms with Gasteiger partial charge in [0.05, 0.1) is 24.7 Å². The van der Waals surface area contributed by atoms with Gasteiger partial charge >= 0.3 is 0 Å². The second kappa shape index (κ2) is 9.63. The number of nitrogens with zero attached hydrogens (tertiary/aromatic N) is 3. The van der Waals surface area contributed by atoms with Gasteiger partial charge in [-0.2, -0.15) is 0 Å². The van der Waals surface area contributed by atoms with E-state index in [4.69, 9.17) is 9.72 Å². The van der Waals surface area contributed by atoms with Crippen LogP contribution in [0.15, 0.2) is 72.8 Å². The number of likely N-dealkylation sites (tertiary alicyclic amines) is 1. The lowest BCUT2D eigenvalue weighted by atomic mass is 10.1. The lowest BCUT2D eigenvalue weighted by Gasteiger charge is -2.18. The minimum Gasteiger partial charge on any atom is -0.497 e. The van der Waals surface area contributed by atoms with Crippen molar-refractivity contribution < 1.29 is 9.13 Å². The van der Waals surface area contributed by atoms with E-state index in [1.165, 1.54) is 17.7 Å². The van der Waals surface area contributed by atoms with Crippen LogP contribution in [0.3, 0.4) is 0 Å².